The van der Waals surface area contributed by atoms with Crippen molar-refractivity contribution >= 4 is 27.6 Å². The van der Waals surface area contributed by atoms with Crippen LogP contribution in [0.25, 0.3) is 0 Å². The van der Waals surface area contributed by atoms with Crippen LogP contribution in [-0.4, -0.2) is 13.1 Å². The van der Waals surface area contributed by atoms with Crippen molar-refractivity contribution in [1.29, 1.82) is 0 Å². The van der Waals surface area contributed by atoms with Crippen molar-refractivity contribution in [2.24, 2.45) is 0 Å². The Hall–Kier alpha value is -1.89. The summed E-state index contributed by atoms with van der Waals surface area (Å²) in [7, 11) is 1.23. The molecule has 112 valence electrons. The molecule has 1 unspecified atom stereocenters. The summed E-state index contributed by atoms with van der Waals surface area (Å²) in [4.78, 5) is 11.3. The van der Waals surface area contributed by atoms with Crippen LogP contribution in [0, 0.1) is 11.6 Å². The standard InChI is InChI=1S/C14H12BrF2NO3/c1-7(11-3-4-12(21-11)14(19)20-2)18-13-9(16)5-8(15)6-10(13)17/h3-7,18H,1-2H3. The van der Waals surface area contributed by atoms with Gasteiger partial charge in [0.25, 0.3) is 0 Å². The van der Waals surface area contributed by atoms with Crippen LogP contribution >= 0.6 is 15.9 Å². The molecule has 4 nitrogen and oxygen atoms in total. The Morgan fingerprint density at radius 2 is 1.95 bits per heavy atom. The molecule has 0 aliphatic rings. The van der Waals surface area contributed by atoms with Crippen LogP contribution in [0.4, 0.5) is 14.5 Å². The number of carbonyl (C=O) groups is 1. The van der Waals surface area contributed by atoms with E-state index < -0.39 is 23.6 Å². The Morgan fingerprint density at radius 3 is 2.52 bits per heavy atom. The van der Waals surface area contributed by atoms with Crippen molar-refractivity contribution in [3.8, 4) is 0 Å². The Balaban J connectivity index is 2.20. The molecule has 0 saturated heterocycles. The number of hydrogen-bond donors (Lipinski definition) is 1. The third kappa shape index (κ3) is 3.41. The Bertz CT molecular complexity index is 649. The van der Waals surface area contributed by atoms with Gasteiger partial charge in [0.15, 0.2) is 0 Å². The zero-order chi connectivity index (χ0) is 15.6. The molecule has 1 N–H and O–H groups in total. The number of halogens is 3. The fourth-order valence-electron chi connectivity index (χ4n) is 1.76. The topological polar surface area (TPSA) is 51.5 Å². The zero-order valence-electron chi connectivity index (χ0n) is 11.2. The molecule has 1 atom stereocenters. The van der Waals surface area contributed by atoms with E-state index in [0.29, 0.717) is 10.2 Å². The van der Waals surface area contributed by atoms with Gasteiger partial charge in [0.2, 0.25) is 5.76 Å². The van der Waals surface area contributed by atoms with E-state index in [4.69, 9.17) is 4.42 Å². The SMILES string of the molecule is COC(=O)c1ccc(C(C)Nc2c(F)cc(Br)cc2F)o1. The predicted octanol–water partition coefficient (Wildman–Crippen LogP) is 4.28. The molecule has 0 saturated carbocycles. The summed E-state index contributed by atoms with van der Waals surface area (Å²) in [5, 5.41) is 2.68. The van der Waals surface area contributed by atoms with Crippen LogP contribution in [0.3, 0.4) is 0 Å². The van der Waals surface area contributed by atoms with Crippen molar-refractivity contribution in [2.45, 2.75) is 13.0 Å². The quantitative estimate of drug-likeness (QED) is 0.827. The van der Waals surface area contributed by atoms with E-state index in [0.717, 1.165) is 12.1 Å². The highest BCUT2D eigenvalue weighted by atomic mass is 79.9. The summed E-state index contributed by atoms with van der Waals surface area (Å²) < 4.78 is 37.6. The summed E-state index contributed by atoms with van der Waals surface area (Å²) in [5.74, 6) is -1.69. The van der Waals surface area contributed by atoms with E-state index in [2.05, 4.69) is 26.0 Å². The largest absolute Gasteiger partial charge is 0.463 e. The summed E-state index contributed by atoms with van der Waals surface area (Å²) in [6, 6.07) is 4.75. The molecule has 0 fully saturated rings. The minimum absolute atomic E-state index is 0.0258. The van der Waals surface area contributed by atoms with Gasteiger partial charge in [-0.05, 0) is 31.2 Å². The number of carbonyl (C=O) groups excluding carboxylic acids is 1. The highest BCUT2D eigenvalue weighted by Crippen LogP contribution is 2.28. The van der Waals surface area contributed by atoms with Crippen LogP contribution in [0.5, 0.6) is 0 Å². The first-order valence-electron chi connectivity index (χ1n) is 6.01. The molecule has 1 aromatic carbocycles. The number of rotatable bonds is 4. The maximum atomic E-state index is 13.7. The lowest BCUT2D eigenvalue weighted by Crippen LogP contribution is -2.09. The maximum Gasteiger partial charge on any atom is 0.373 e. The van der Waals surface area contributed by atoms with E-state index in [9.17, 15) is 13.6 Å². The van der Waals surface area contributed by atoms with Gasteiger partial charge in [-0.3, -0.25) is 0 Å². The van der Waals surface area contributed by atoms with Gasteiger partial charge < -0.3 is 14.5 Å². The van der Waals surface area contributed by atoms with E-state index in [1.165, 1.54) is 13.2 Å². The molecule has 0 amide bonds. The lowest BCUT2D eigenvalue weighted by molar-refractivity contribution is 0.0562. The maximum absolute atomic E-state index is 13.7. The summed E-state index contributed by atoms with van der Waals surface area (Å²) in [5.41, 5.74) is -0.262. The Labute approximate surface area is 128 Å². The molecular weight excluding hydrogens is 348 g/mol. The van der Waals surface area contributed by atoms with Gasteiger partial charge in [-0.25, -0.2) is 13.6 Å². The van der Waals surface area contributed by atoms with Crippen molar-refractivity contribution in [3.63, 3.8) is 0 Å². The molecule has 2 rings (SSSR count). The second-order valence-corrected chi connectivity index (χ2v) is 5.22. The highest BCUT2D eigenvalue weighted by molar-refractivity contribution is 9.10. The highest BCUT2D eigenvalue weighted by Gasteiger charge is 2.18. The minimum Gasteiger partial charge on any atom is -0.463 e. The molecule has 0 aliphatic carbocycles. The minimum atomic E-state index is -0.728. The van der Waals surface area contributed by atoms with E-state index in [1.54, 1.807) is 13.0 Å². The lowest BCUT2D eigenvalue weighted by Gasteiger charge is -2.14. The zero-order valence-corrected chi connectivity index (χ0v) is 12.8. The number of esters is 1. The first-order valence-corrected chi connectivity index (χ1v) is 6.80. The van der Waals surface area contributed by atoms with Crippen molar-refractivity contribution in [3.05, 3.63) is 51.9 Å². The second kappa shape index (κ2) is 6.26. The number of benzene rings is 1. The average molecular weight is 360 g/mol. The van der Waals surface area contributed by atoms with Crippen molar-refractivity contribution < 1.29 is 22.7 Å². The Morgan fingerprint density at radius 1 is 1.33 bits per heavy atom. The molecule has 0 aliphatic heterocycles. The number of nitrogens with one attached hydrogen (secondary N) is 1. The van der Waals surface area contributed by atoms with Gasteiger partial charge in [-0.1, -0.05) is 15.9 Å². The van der Waals surface area contributed by atoms with E-state index in [-0.39, 0.29) is 11.4 Å². The molecule has 0 bridgehead atoms. The van der Waals surface area contributed by atoms with Gasteiger partial charge in [0, 0.05) is 4.47 Å². The number of furan rings is 1. The van der Waals surface area contributed by atoms with E-state index >= 15 is 0 Å². The van der Waals surface area contributed by atoms with Crippen LogP contribution in [0.2, 0.25) is 0 Å². The fourth-order valence-corrected chi connectivity index (χ4v) is 2.17. The van der Waals surface area contributed by atoms with E-state index in [1.807, 2.05) is 0 Å². The number of hydrogen-bond acceptors (Lipinski definition) is 4. The summed E-state index contributed by atoms with van der Waals surface area (Å²) in [6.07, 6.45) is 0. The number of methoxy groups -OCH3 is 1. The summed E-state index contributed by atoms with van der Waals surface area (Å²) in [6.45, 7) is 1.65. The molecule has 21 heavy (non-hydrogen) atoms. The van der Waals surface area contributed by atoms with Crippen molar-refractivity contribution in [2.75, 3.05) is 12.4 Å². The average Bonchev–Trinajstić information content (AvgIpc) is 2.91. The van der Waals surface area contributed by atoms with Crippen LogP contribution in [0.15, 0.2) is 33.2 Å². The van der Waals surface area contributed by atoms with Crippen LogP contribution in [0.1, 0.15) is 29.3 Å². The molecule has 0 spiro atoms. The first kappa shape index (κ1) is 15.5. The van der Waals surface area contributed by atoms with Crippen LogP contribution in [-0.2, 0) is 4.74 Å². The molecule has 1 aromatic heterocycles. The molecule has 1 heterocycles. The molecular formula is C14H12BrF2NO3. The molecule has 2 aromatic rings. The van der Waals surface area contributed by atoms with Crippen molar-refractivity contribution in [1.82, 2.24) is 0 Å². The van der Waals surface area contributed by atoms with Gasteiger partial charge in [-0.2, -0.15) is 0 Å². The smallest absolute Gasteiger partial charge is 0.373 e. The van der Waals surface area contributed by atoms with Gasteiger partial charge in [0.1, 0.15) is 23.1 Å². The summed E-state index contributed by atoms with van der Waals surface area (Å²) >= 11 is 3.01. The first-order chi connectivity index (χ1) is 9.92. The van der Waals surface area contributed by atoms with Gasteiger partial charge in [-0.15, -0.1) is 0 Å². The normalized spacial score (nSPS) is 12.0. The fraction of sp³-hybridized carbons (Fsp3) is 0.214. The monoisotopic (exact) mass is 359 g/mol. The number of ether oxygens (including phenoxy) is 1. The lowest BCUT2D eigenvalue weighted by atomic mass is 10.2. The van der Waals surface area contributed by atoms with Gasteiger partial charge in [0.05, 0.1) is 13.2 Å². The van der Waals surface area contributed by atoms with Gasteiger partial charge >= 0.3 is 5.97 Å². The second-order valence-electron chi connectivity index (χ2n) is 4.30. The predicted molar refractivity (Wildman–Crippen MR) is 76.1 cm³/mol. The third-order valence-corrected chi connectivity index (χ3v) is 3.27. The van der Waals surface area contributed by atoms with Crippen LogP contribution < -0.4 is 5.32 Å². The number of anilines is 1. The molecule has 7 heteroatoms. The molecule has 0 radical (unpaired) electrons. The Kier molecular flexibility index (Phi) is 4.62. The third-order valence-electron chi connectivity index (χ3n) is 2.81.